The molecule has 0 bridgehead atoms. The number of hydrogen-bond acceptors (Lipinski definition) is 4. The second kappa shape index (κ2) is 8.78. The average Bonchev–Trinajstić information content (AvgIpc) is 2.41. The Morgan fingerprint density at radius 1 is 1.11 bits per heavy atom. The standard InChI is InChI=1S/C14H23NO3/c1-3-9-15-12(10-16)11-18-14-7-5-13(6-8-14)17-4-2/h5-8,12,15-16H,3-4,9-11H2,1-2H3. The lowest BCUT2D eigenvalue weighted by molar-refractivity contribution is 0.183. The van der Waals surface area contributed by atoms with Crippen LogP contribution in [0, 0.1) is 0 Å². The zero-order valence-electron chi connectivity index (χ0n) is 11.2. The van der Waals surface area contributed by atoms with Crippen LogP contribution in [0.3, 0.4) is 0 Å². The Kier molecular flexibility index (Phi) is 7.22. The van der Waals surface area contributed by atoms with Crippen molar-refractivity contribution in [3.05, 3.63) is 24.3 Å². The molecule has 0 saturated heterocycles. The first-order valence-corrected chi connectivity index (χ1v) is 6.50. The van der Waals surface area contributed by atoms with Crippen LogP contribution in [-0.4, -0.2) is 37.5 Å². The van der Waals surface area contributed by atoms with Gasteiger partial charge >= 0.3 is 0 Å². The van der Waals surface area contributed by atoms with Crippen LogP contribution in [0.4, 0.5) is 0 Å². The van der Waals surface area contributed by atoms with Gasteiger partial charge in [-0.3, -0.25) is 0 Å². The summed E-state index contributed by atoms with van der Waals surface area (Å²) in [7, 11) is 0. The number of ether oxygens (including phenoxy) is 2. The maximum absolute atomic E-state index is 9.18. The molecule has 1 rings (SSSR count). The topological polar surface area (TPSA) is 50.7 Å². The summed E-state index contributed by atoms with van der Waals surface area (Å²) in [5, 5.41) is 12.4. The molecule has 2 N–H and O–H groups in total. The van der Waals surface area contributed by atoms with Crippen molar-refractivity contribution in [2.24, 2.45) is 0 Å². The maximum atomic E-state index is 9.18. The van der Waals surface area contributed by atoms with Gasteiger partial charge in [-0.15, -0.1) is 0 Å². The molecule has 1 unspecified atom stereocenters. The zero-order valence-corrected chi connectivity index (χ0v) is 11.2. The third-order valence-electron chi connectivity index (χ3n) is 2.49. The summed E-state index contributed by atoms with van der Waals surface area (Å²) < 4.78 is 11.0. The van der Waals surface area contributed by atoms with Gasteiger partial charge in [0, 0.05) is 0 Å². The van der Waals surface area contributed by atoms with Gasteiger partial charge in [0.05, 0.1) is 19.3 Å². The molecule has 0 aliphatic carbocycles. The molecule has 18 heavy (non-hydrogen) atoms. The highest BCUT2D eigenvalue weighted by atomic mass is 16.5. The first-order chi connectivity index (χ1) is 8.80. The molecule has 0 radical (unpaired) electrons. The van der Waals surface area contributed by atoms with Gasteiger partial charge in [0.2, 0.25) is 0 Å². The Balaban J connectivity index is 2.37. The number of benzene rings is 1. The van der Waals surface area contributed by atoms with Crippen LogP contribution in [0.1, 0.15) is 20.3 Å². The van der Waals surface area contributed by atoms with E-state index in [0.29, 0.717) is 13.2 Å². The summed E-state index contributed by atoms with van der Waals surface area (Å²) in [6.45, 7) is 6.14. The summed E-state index contributed by atoms with van der Waals surface area (Å²) in [6, 6.07) is 7.49. The minimum absolute atomic E-state index is 0.0171. The molecule has 0 saturated carbocycles. The normalized spacial score (nSPS) is 12.2. The molecule has 0 spiro atoms. The van der Waals surface area contributed by atoms with Crippen LogP contribution in [0.25, 0.3) is 0 Å². The van der Waals surface area contributed by atoms with E-state index in [4.69, 9.17) is 9.47 Å². The quantitative estimate of drug-likeness (QED) is 0.705. The summed E-state index contributed by atoms with van der Waals surface area (Å²) in [5.74, 6) is 1.63. The fourth-order valence-electron chi connectivity index (χ4n) is 1.52. The van der Waals surface area contributed by atoms with E-state index in [9.17, 15) is 5.11 Å². The van der Waals surface area contributed by atoms with Gasteiger partial charge in [-0.25, -0.2) is 0 Å². The second-order valence-electron chi connectivity index (χ2n) is 4.05. The Hall–Kier alpha value is -1.26. The fraction of sp³-hybridized carbons (Fsp3) is 0.571. The van der Waals surface area contributed by atoms with E-state index in [1.807, 2.05) is 31.2 Å². The van der Waals surface area contributed by atoms with Crippen molar-refractivity contribution in [3.63, 3.8) is 0 Å². The number of hydrogen-bond donors (Lipinski definition) is 2. The monoisotopic (exact) mass is 253 g/mol. The van der Waals surface area contributed by atoms with Gasteiger partial charge in [-0.05, 0) is 44.2 Å². The van der Waals surface area contributed by atoms with Crippen molar-refractivity contribution in [2.75, 3.05) is 26.4 Å². The Labute approximate surface area is 109 Å². The van der Waals surface area contributed by atoms with Gasteiger partial charge in [-0.1, -0.05) is 6.92 Å². The number of nitrogens with one attached hydrogen (secondary N) is 1. The molecule has 0 aromatic heterocycles. The van der Waals surface area contributed by atoms with Crippen LogP contribution in [0.2, 0.25) is 0 Å². The van der Waals surface area contributed by atoms with Crippen molar-refractivity contribution in [1.82, 2.24) is 5.32 Å². The van der Waals surface area contributed by atoms with Crippen molar-refractivity contribution in [2.45, 2.75) is 26.3 Å². The van der Waals surface area contributed by atoms with E-state index in [1.165, 1.54) is 0 Å². The number of aliphatic hydroxyl groups is 1. The molecular weight excluding hydrogens is 230 g/mol. The first kappa shape index (κ1) is 14.8. The molecule has 0 amide bonds. The molecule has 0 heterocycles. The van der Waals surface area contributed by atoms with Crippen LogP contribution in [-0.2, 0) is 0 Å². The van der Waals surface area contributed by atoms with E-state index in [0.717, 1.165) is 24.5 Å². The van der Waals surface area contributed by atoms with Crippen LogP contribution < -0.4 is 14.8 Å². The van der Waals surface area contributed by atoms with E-state index < -0.39 is 0 Å². The zero-order chi connectivity index (χ0) is 13.2. The summed E-state index contributed by atoms with van der Waals surface area (Å²) >= 11 is 0. The van der Waals surface area contributed by atoms with Gasteiger partial charge in [0.15, 0.2) is 0 Å². The second-order valence-corrected chi connectivity index (χ2v) is 4.05. The van der Waals surface area contributed by atoms with Crippen molar-refractivity contribution in [3.8, 4) is 11.5 Å². The average molecular weight is 253 g/mol. The Morgan fingerprint density at radius 2 is 1.72 bits per heavy atom. The van der Waals surface area contributed by atoms with Gasteiger partial charge < -0.3 is 19.9 Å². The minimum atomic E-state index is -0.0171. The molecule has 1 aromatic carbocycles. The molecular formula is C14H23NO3. The van der Waals surface area contributed by atoms with Crippen molar-refractivity contribution >= 4 is 0 Å². The van der Waals surface area contributed by atoms with Crippen molar-refractivity contribution < 1.29 is 14.6 Å². The van der Waals surface area contributed by atoms with Crippen LogP contribution in [0.15, 0.2) is 24.3 Å². The largest absolute Gasteiger partial charge is 0.494 e. The Bertz CT molecular complexity index is 313. The van der Waals surface area contributed by atoms with Gasteiger partial charge in [-0.2, -0.15) is 0 Å². The van der Waals surface area contributed by atoms with E-state index in [-0.39, 0.29) is 12.6 Å². The minimum Gasteiger partial charge on any atom is -0.494 e. The molecule has 0 fully saturated rings. The SMILES string of the molecule is CCCNC(CO)COc1ccc(OCC)cc1. The maximum Gasteiger partial charge on any atom is 0.119 e. The van der Waals surface area contributed by atoms with Crippen molar-refractivity contribution in [1.29, 1.82) is 0 Å². The fourth-order valence-corrected chi connectivity index (χ4v) is 1.52. The molecule has 4 nitrogen and oxygen atoms in total. The lowest BCUT2D eigenvalue weighted by Crippen LogP contribution is -2.38. The predicted octanol–water partition coefficient (Wildman–Crippen LogP) is 1.82. The highest BCUT2D eigenvalue weighted by molar-refractivity contribution is 5.31. The summed E-state index contributed by atoms with van der Waals surface area (Å²) in [4.78, 5) is 0. The Morgan fingerprint density at radius 3 is 2.22 bits per heavy atom. The lowest BCUT2D eigenvalue weighted by Gasteiger charge is -2.16. The molecule has 1 atom stereocenters. The first-order valence-electron chi connectivity index (χ1n) is 6.50. The predicted molar refractivity (Wildman–Crippen MR) is 72.3 cm³/mol. The van der Waals surface area contributed by atoms with E-state index in [1.54, 1.807) is 0 Å². The van der Waals surface area contributed by atoms with Crippen LogP contribution in [0.5, 0.6) is 11.5 Å². The third kappa shape index (κ3) is 5.38. The van der Waals surface area contributed by atoms with Crippen LogP contribution >= 0.6 is 0 Å². The summed E-state index contributed by atoms with van der Waals surface area (Å²) in [6.07, 6.45) is 1.04. The van der Waals surface area contributed by atoms with E-state index >= 15 is 0 Å². The van der Waals surface area contributed by atoms with Gasteiger partial charge in [0.25, 0.3) is 0 Å². The van der Waals surface area contributed by atoms with Gasteiger partial charge in [0.1, 0.15) is 18.1 Å². The lowest BCUT2D eigenvalue weighted by atomic mass is 10.3. The highest BCUT2D eigenvalue weighted by Gasteiger charge is 2.06. The summed E-state index contributed by atoms with van der Waals surface area (Å²) in [5.41, 5.74) is 0. The smallest absolute Gasteiger partial charge is 0.119 e. The molecule has 0 aliphatic heterocycles. The number of aliphatic hydroxyl groups excluding tert-OH is 1. The molecule has 0 aliphatic rings. The molecule has 102 valence electrons. The van der Waals surface area contributed by atoms with E-state index in [2.05, 4.69) is 12.2 Å². The molecule has 1 aromatic rings. The third-order valence-corrected chi connectivity index (χ3v) is 2.49. The molecule has 4 heteroatoms. The highest BCUT2D eigenvalue weighted by Crippen LogP contribution is 2.17. The number of rotatable bonds is 9.